The van der Waals surface area contributed by atoms with Crippen LogP contribution < -0.4 is 9.64 Å². The lowest BCUT2D eigenvalue weighted by molar-refractivity contribution is 0.142. The van der Waals surface area contributed by atoms with Crippen LogP contribution in [0.15, 0.2) is 24.7 Å². The number of ether oxygens (including phenoxy) is 1. The zero-order valence-electron chi connectivity index (χ0n) is 12.5. The molecular weight excluding hydrogens is 266 g/mol. The molecule has 2 aromatic rings. The lowest BCUT2D eigenvalue weighted by atomic mass is 10.1. The van der Waals surface area contributed by atoms with Gasteiger partial charge in [0.25, 0.3) is 0 Å². The number of β-amino-alcohol motifs (C(OH)–C–C–N with tert-alkyl or cyclic N) is 1. The molecule has 1 aliphatic heterocycles. The maximum atomic E-state index is 9.44. The van der Waals surface area contributed by atoms with Gasteiger partial charge < -0.3 is 14.7 Å². The van der Waals surface area contributed by atoms with E-state index < -0.39 is 0 Å². The van der Waals surface area contributed by atoms with E-state index in [1.165, 1.54) is 0 Å². The van der Waals surface area contributed by atoms with Crippen molar-refractivity contribution in [2.75, 3.05) is 24.6 Å². The molecule has 0 spiro atoms. The van der Waals surface area contributed by atoms with Gasteiger partial charge in [-0.2, -0.15) is 0 Å². The number of hydrogen-bond acceptors (Lipinski definition) is 5. The smallest absolute Gasteiger partial charge is 0.138 e. The average molecular weight is 287 g/mol. The van der Waals surface area contributed by atoms with Gasteiger partial charge in [0.2, 0.25) is 0 Å². The molecule has 3 heterocycles. The van der Waals surface area contributed by atoms with Gasteiger partial charge >= 0.3 is 0 Å². The summed E-state index contributed by atoms with van der Waals surface area (Å²) < 4.78 is 5.74. The SMILES string of the molecule is CC(C)CCOc1cnc2c(N3CC(O)C3)cncc2c1. The van der Waals surface area contributed by atoms with Crippen LogP contribution in [0, 0.1) is 5.92 Å². The fraction of sp³-hybridized carbons (Fsp3) is 0.500. The van der Waals surface area contributed by atoms with E-state index in [4.69, 9.17) is 4.74 Å². The van der Waals surface area contributed by atoms with Crippen LogP contribution in [-0.2, 0) is 0 Å². The van der Waals surface area contributed by atoms with Crippen molar-refractivity contribution >= 4 is 16.6 Å². The third-order valence-corrected chi connectivity index (χ3v) is 3.71. The number of aliphatic hydroxyl groups excluding tert-OH is 1. The predicted molar refractivity (Wildman–Crippen MR) is 82.7 cm³/mol. The number of nitrogens with zero attached hydrogens (tertiary/aromatic N) is 3. The molecule has 3 rings (SSSR count). The highest BCUT2D eigenvalue weighted by atomic mass is 16.5. The number of rotatable bonds is 5. The van der Waals surface area contributed by atoms with Gasteiger partial charge in [-0.3, -0.25) is 9.97 Å². The number of fused-ring (bicyclic) bond motifs is 1. The molecule has 2 aromatic heterocycles. The van der Waals surface area contributed by atoms with Crippen LogP contribution in [0.4, 0.5) is 5.69 Å². The van der Waals surface area contributed by atoms with Gasteiger partial charge in [0.15, 0.2) is 0 Å². The normalized spacial score (nSPS) is 15.5. The average Bonchev–Trinajstić information content (AvgIpc) is 2.43. The predicted octanol–water partition coefficient (Wildman–Crippen LogP) is 2.24. The van der Waals surface area contributed by atoms with Crippen LogP contribution in [0.1, 0.15) is 20.3 Å². The van der Waals surface area contributed by atoms with E-state index in [9.17, 15) is 5.11 Å². The van der Waals surface area contributed by atoms with Crippen LogP contribution in [0.25, 0.3) is 10.9 Å². The van der Waals surface area contributed by atoms with Gasteiger partial charge in [-0.1, -0.05) is 13.8 Å². The molecule has 0 aromatic carbocycles. The standard InChI is InChI=1S/C16H21N3O2/c1-11(2)3-4-21-14-5-12-6-17-8-15(16(12)18-7-14)19-9-13(20)10-19/h5-8,11,13,20H,3-4,9-10H2,1-2H3. The molecule has 0 radical (unpaired) electrons. The van der Waals surface area contributed by atoms with Crippen molar-refractivity contribution in [2.45, 2.75) is 26.4 Å². The number of aliphatic hydroxyl groups is 1. The Labute approximate surface area is 124 Å². The van der Waals surface area contributed by atoms with Crippen molar-refractivity contribution in [3.8, 4) is 5.75 Å². The number of pyridine rings is 2. The molecule has 0 amide bonds. The van der Waals surface area contributed by atoms with E-state index in [0.717, 1.165) is 28.8 Å². The summed E-state index contributed by atoms with van der Waals surface area (Å²) in [6.07, 6.45) is 6.17. The lowest BCUT2D eigenvalue weighted by Crippen LogP contribution is -2.51. The van der Waals surface area contributed by atoms with E-state index in [1.54, 1.807) is 18.6 Å². The van der Waals surface area contributed by atoms with Crippen molar-refractivity contribution in [3.63, 3.8) is 0 Å². The van der Waals surface area contributed by atoms with E-state index in [0.29, 0.717) is 25.6 Å². The molecular formula is C16H21N3O2. The summed E-state index contributed by atoms with van der Waals surface area (Å²) in [5.74, 6) is 1.41. The molecule has 5 heteroatoms. The third-order valence-electron chi connectivity index (χ3n) is 3.71. The minimum atomic E-state index is -0.237. The third kappa shape index (κ3) is 3.08. The Kier molecular flexibility index (Phi) is 3.92. The highest BCUT2D eigenvalue weighted by Crippen LogP contribution is 2.29. The van der Waals surface area contributed by atoms with Crippen molar-refractivity contribution < 1.29 is 9.84 Å². The number of hydrogen-bond donors (Lipinski definition) is 1. The molecule has 1 saturated heterocycles. The maximum absolute atomic E-state index is 9.44. The highest BCUT2D eigenvalue weighted by Gasteiger charge is 2.26. The van der Waals surface area contributed by atoms with Crippen LogP contribution in [0.2, 0.25) is 0 Å². The van der Waals surface area contributed by atoms with Gasteiger partial charge in [0.1, 0.15) is 5.75 Å². The van der Waals surface area contributed by atoms with Crippen molar-refractivity contribution in [2.24, 2.45) is 5.92 Å². The molecule has 21 heavy (non-hydrogen) atoms. The summed E-state index contributed by atoms with van der Waals surface area (Å²) in [4.78, 5) is 10.9. The van der Waals surface area contributed by atoms with Gasteiger partial charge in [0, 0.05) is 24.7 Å². The van der Waals surface area contributed by atoms with Crippen molar-refractivity contribution in [1.82, 2.24) is 9.97 Å². The van der Waals surface area contributed by atoms with Crippen LogP contribution >= 0.6 is 0 Å². The lowest BCUT2D eigenvalue weighted by Gasteiger charge is -2.37. The summed E-state index contributed by atoms with van der Waals surface area (Å²) in [5, 5.41) is 10.4. The zero-order chi connectivity index (χ0) is 14.8. The van der Waals surface area contributed by atoms with E-state index >= 15 is 0 Å². The monoisotopic (exact) mass is 287 g/mol. The van der Waals surface area contributed by atoms with E-state index in [2.05, 4.69) is 28.7 Å². The Hall–Kier alpha value is -1.88. The second kappa shape index (κ2) is 5.85. The first-order chi connectivity index (χ1) is 10.1. The highest BCUT2D eigenvalue weighted by molar-refractivity contribution is 5.90. The molecule has 112 valence electrons. The Bertz CT molecular complexity index is 624. The maximum Gasteiger partial charge on any atom is 0.138 e. The van der Waals surface area contributed by atoms with E-state index in [1.807, 2.05) is 6.07 Å². The molecule has 0 saturated carbocycles. The molecule has 0 unspecified atom stereocenters. The molecule has 1 N–H and O–H groups in total. The molecule has 0 aliphatic carbocycles. The summed E-state index contributed by atoms with van der Waals surface area (Å²) in [5.41, 5.74) is 1.89. The first-order valence-corrected chi connectivity index (χ1v) is 7.43. The summed E-state index contributed by atoms with van der Waals surface area (Å²) >= 11 is 0. The van der Waals surface area contributed by atoms with Crippen molar-refractivity contribution in [1.29, 1.82) is 0 Å². The van der Waals surface area contributed by atoms with E-state index in [-0.39, 0.29) is 6.10 Å². The van der Waals surface area contributed by atoms with Gasteiger partial charge in [-0.15, -0.1) is 0 Å². The molecule has 1 aliphatic rings. The summed E-state index contributed by atoms with van der Waals surface area (Å²) in [7, 11) is 0. The molecule has 1 fully saturated rings. The van der Waals surface area contributed by atoms with Gasteiger partial charge in [-0.25, -0.2) is 0 Å². The fourth-order valence-corrected chi connectivity index (χ4v) is 2.40. The topological polar surface area (TPSA) is 58.5 Å². The minimum absolute atomic E-state index is 0.237. The first kappa shape index (κ1) is 14.1. The second-order valence-corrected chi connectivity index (χ2v) is 5.99. The van der Waals surface area contributed by atoms with Crippen LogP contribution in [0.5, 0.6) is 5.75 Å². The van der Waals surface area contributed by atoms with Crippen LogP contribution in [-0.4, -0.2) is 40.9 Å². The fourth-order valence-electron chi connectivity index (χ4n) is 2.40. The summed E-state index contributed by atoms with van der Waals surface area (Å²) in [6, 6.07) is 1.98. The molecule has 0 atom stereocenters. The minimum Gasteiger partial charge on any atom is -0.492 e. The van der Waals surface area contributed by atoms with Crippen molar-refractivity contribution in [3.05, 3.63) is 24.7 Å². The number of anilines is 1. The van der Waals surface area contributed by atoms with Gasteiger partial charge in [-0.05, 0) is 18.4 Å². The first-order valence-electron chi connectivity index (χ1n) is 7.43. The Morgan fingerprint density at radius 2 is 2.14 bits per heavy atom. The Morgan fingerprint density at radius 3 is 2.86 bits per heavy atom. The van der Waals surface area contributed by atoms with Crippen LogP contribution in [0.3, 0.4) is 0 Å². The Balaban J connectivity index is 1.79. The molecule has 5 nitrogen and oxygen atoms in total. The summed E-state index contributed by atoms with van der Waals surface area (Å²) in [6.45, 7) is 6.36. The Morgan fingerprint density at radius 1 is 1.33 bits per heavy atom. The zero-order valence-corrected chi connectivity index (χ0v) is 12.5. The largest absolute Gasteiger partial charge is 0.492 e. The number of aromatic nitrogens is 2. The van der Waals surface area contributed by atoms with Gasteiger partial charge in [0.05, 0.1) is 36.3 Å². The second-order valence-electron chi connectivity index (χ2n) is 5.99. The molecule has 0 bridgehead atoms. The quantitative estimate of drug-likeness (QED) is 0.914.